The fourth-order valence-corrected chi connectivity index (χ4v) is 3.09. The summed E-state index contributed by atoms with van der Waals surface area (Å²) in [7, 11) is 0. The maximum absolute atomic E-state index is 11.7. The Morgan fingerprint density at radius 1 is 1.26 bits per heavy atom. The smallest absolute Gasteiger partial charge is 0.273 e. The van der Waals surface area contributed by atoms with Crippen molar-refractivity contribution in [2.45, 2.75) is 18.9 Å². The van der Waals surface area contributed by atoms with Crippen LogP contribution in [0.2, 0.25) is 0 Å². The molecule has 1 aliphatic rings. The zero-order valence-electron chi connectivity index (χ0n) is 14.6. The molecule has 27 heavy (non-hydrogen) atoms. The zero-order chi connectivity index (χ0) is 18.6. The summed E-state index contributed by atoms with van der Waals surface area (Å²) in [5.41, 5.74) is 7.06. The van der Waals surface area contributed by atoms with Crippen LogP contribution in [0.4, 0.5) is 17.5 Å². The molecule has 0 spiro atoms. The van der Waals surface area contributed by atoms with Gasteiger partial charge in [0.1, 0.15) is 0 Å². The molecule has 1 aromatic carbocycles. The van der Waals surface area contributed by atoms with Crippen molar-refractivity contribution in [1.82, 2.24) is 25.5 Å². The van der Waals surface area contributed by atoms with Gasteiger partial charge in [-0.3, -0.25) is 9.78 Å². The number of nitrogens with two attached hydrogens (primary N) is 1. The Balaban J connectivity index is 1.61. The van der Waals surface area contributed by atoms with Gasteiger partial charge in [-0.05, 0) is 43.7 Å². The number of nitrogens with one attached hydrogen (secondary N) is 3. The summed E-state index contributed by atoms with van der Waals surface area (Å²) in [4.78, 5) is 20.4. The van der Waals surface area contributed by atoms with E-state index in [0.29, 0.717) is 5.95 Å². The molecule has 9 heteroatoms. The molecule has 2 aromatic heterocycles. The minimum absolute atomic E-state index is 0.00592. The second-order valence-corrected chi connectivity index (χ2v) is 6.42. The lowest BCUT2D eigenvalue weighted by Gasteiger charge is -2.23. The van der Waals surface area contributed by atoms with E-state index in [4.69, 9.17) is 5.73 Å². The van der Waals surface area contributed by atoms with E-state index >= 15 is 0 Å². The number of primary amides is 1. The van der Waals surface area contributed by atoms with Crippen molar-refractivity contribution in [2.75, 3.05) is 23.7 Å². The van der Waals surface area contributed by atoms with Gasteiger partial charge < -0.3 is 21.7 Å². The van der Waals surface area contributed by atoms with Crippen molar-refractivity contribution in [2.24, 2.45) is 5.73 Å². The molecule has 0 unspecified atom stereocenters. The molecule has 0 saturated carbocycles. The standard InChI is InChI=1S/C18H20N8O/c19-16(27)15-17(22-12-5-6-14-11(9-12)3-1-8-21-14)24-18(26-25-15)23-13-4-2-7-20-10-13/h1,3,5-6,8-9,13,20H,2,4,7,10H2,(H2,19,27)(H2,22,23,24,26)/t13-/m1/s1. The summed E-state index contributed by atoms with van der Waals surface area (Å²) in [5.74, 6) is -0.0588. The number of anilines is 3. The van der Waals surface area contributed by atoms with Gasteiger partial charge in [-0.2, -0.15) is 4.98 Å². The predicted molar refractivity (Wildman–Crippen MR) is 103 cm³/mol. The van der Waals surface area contributed by atoms with Crippen molar-refractivity contribution >= 4 is 34.3 Å². The first-order valence-corrected chi connectivity index (χ1v) is 8.82. The number of benzene rings is 1. The summed E-state index contributed by atoms with van der Waals surface area (Å²) in [5, 5.41) is 18.6. The van der Waals surface area contributed by atoms with Crippen LogP contribution in [0, 0.1) is 0 Å². The average Bonchev–Trinajstić information content (AvgIpc) is 2.69. The number of carbonyl (C=O) groups excluding carboxylic acids is 1. The highest BCUT2D eigenvalue weighted by molar-refractivity contribution is 5.96. The van der Waals surface area contributed by atoms with Crippen LogP contribution in [0.25, 0.3) is 10.9 Å². The number of pyridine rings is 1. The molecule has 1 saturated heterocycles. The highest BCUT2D eigenvalue weighted by atomic mass is 16.1. The number of carbonyl (C=O) groups is 1. The summed E-state index contributed by atoms with van der Waals surface area (Å²) in [6.07, 6.45) is 3.85. The Hall–Kier alpha value is -3.33. The molecule has 3 aromatic rings. The second-order valence-electron chi connectivity index (χ2n) is 6.42. The maximum Gasteiger partial charge on any atom is 0.273 e. The summed E-state index contributed by atoms with van der Waals surface area (Å²) < 4.78 is 0. The largest absolute Gasteiger partial charge is 0.364 e. The summed E-state index contributed by atoms with van der Waals surface area (Å²) in [6, 6.07) is 9.73. The third-order valence-electron chi connectivity index (χ3n) is 4.42. The number of fused-ring (bicyclic) bond motifs is 1. The van der Waals surface area contributed by atoms with Crippen molar-refractivity contribution in [3.05, 3.63) is 42.2 Å². The van der Waals surface area contributed by atoms with Crippen LogP contribution < -0.4 is 21.7 Å². The van der Waals surface area contributed by atoms with E-state index in [2.05, 4.69) is 36.1 Å². The molecular weight excluding hydrogens is 344 g/mol. The van der Waals surface area contributed by atoms with Gasteiger partial charge >= 0.3 is 0 Å². The number of hydrogen-bond donors (Lipinski definition) is 4. The monoisotopic (exact) mass is 364 g/mol. The third kappa shape index (κ3) is 3.93. The average molecular weight is 364 g/mol. The van der Waals surface area contributed by atoms with Gasteiger partial charge in [-0.1, -0.05) is 6.07 Å². The normalized spacial score (nSPS) is 16.8. The van der Waals surface area contributed by atoms with Crippen LogP contribution in [0.5, 0.6) is 0 Å². The Labute approximate surface area is 155 Å². The van der Waals surface area contributed by atoms with Gasteiger partial charge in [0.2, 0.25) is 5.95 Å². The first-order chi connectivity index (χ1) is 13.2. The number of nitrogens with zero attached hydrogens (tertiary/aromatic N) is 4. The molecule has 1 amide bonds. The van der Waals surface area contributed by atoms with Crippen molar-refractivity contribution in [3.8, 4) is 0 Å². The van der Waals surface area contributed by atoms with Gasteiger partial charge in [0.25, 0.3) is 5.91 Å². The van der Waals surface area contributed by atoms with E-state index in [1.807, 2.05) is 30.3 Å². The fraction of sp³-hybridized carbons (Fsp3) is 0.278. The third-order valence-corrected chi connectivity index (χ3v) is 4.42. The number of piperidine rings is 1. The topological polar surface area (TPSA) is 131 Å². The number of amides is 1. The van der Waals surface area contributed by atoms with E-state index in [1.165, 1.54) is 0 Å². The van der Waals surface area contributed by atoms with Crippen LogP contribution in [0.3, 0.4) is 0 Å². The van der Waals surface area contributed by atoms with Gasteiger partial charge in [0.15, 0.2) is 11.5 Å². The fourth-order valence-electron chi connectivity index (χ4n) is 3.09. The zero-order valence-corrected chi connectivity index (χ0v) is 14.6. The molecule has 3 heterocycles. The van der Waals surface area contributed by atoms with Crippen LogP contribution in [0.1, 0.15) is 23.3 Å². The molecule has 0 bridgehead atoms. The molecule has 0 aliphatic carbocycles. The molecule has 4 rings (SSSR count). The maximum atomic E-state index is 11.7. The highest BCUT2D eigenvalue weighted by Crippen LogP contribution is 2.22. The Kier molecular flexibility index (Phi) is 4.75. The number of rotatable bonds is 5. The molecule has 9 nitrogen and oxygen atoms in total. The SMILES string of the molecule is NC(=O)c1nnc(N[C@@H]2CCCNC2)nc1Nc1ccc2ncccc2c1. The molecule has 138 valence electrons. The first kappa shape index (κ1) is 17.1. The summed E-state index contributed by atoms with van der Waals surface area (Å²) in [6.45, 7) is 1.85. The number of aromatic nitrogens is 4. The second kappa shape index (κ2) is 7.50. The van der Waals surface area contributed by atoms with Crippen LogP contribution in [-0.2, 0) is 0 Å². The molecule has 1 fully saturated rings. The highest BCUT2D eigenvalue weighted by Gasteiger charge is 2.18. The van der Waals surface area contributed by atoms with E-state index < -0.39 is 5.91 Å². The first-order valence-electron chi connectivity index (χ1n) is 8.82. The summed E-state index contributed by atoms with van der Waals surface area (Å²) >= 11 is 0. The van der Waals surface area contributed by atoms with E-state index in [0.717, 1.165) is 42.5 Å². The van der Waals surface area contributed by atoms with E-state index in [9.17, 15) is 4.79 Å². The molecule has 5 N–H and O–H groups in total. The predicted octanol–water partition coefficient (Wildman–Crippen LogP) is 1.43. The van der Waals surface area contributed by atoms with Crippen LogP contribution in [-0.4, -0.2) is 45.2 Å². The molecular formula is C18H20N8O. The lowest BCUT2D eigenvalue weighted by Crippen LogP contribution is -2.39. The van der Waals surface area contributed by atoms with Crippen LogP contribution >= 0.6 is 0 Å². The van der Waals surface area contributed by atoms with Gasteiger partial charge in [0.05, 0.1) is 5.52 Å². The Morgan fingerprint density at radius 3 is 3.00 bits per heavy atom. The number of hydrogen-bond acceptors (Lipinski definition) is 8. The van der Waals surface area contributed by atoms with Crippen molar-refractivity contribution < 1.29 is 4.79 Å². The Bertz CT molecular complexity index is 970. The molecule has 1 aliphatic heterocycles. The molecule has 0 radical (unpaired) electrons. The van der Waals surface area contributed by atoms with Crippen molar-refractivity contribution in [3.63, 3.8) is 0 Å². The van der Waals surface area contributed by atoms with Gasteiger partial charge in [0, 0.05) is 29.9 Å². The van der Waals surface area contributed by atoms with E-state index in [-0.39, 0.29) is 17.6 Å². The molecule has 1 atom stereocenters. The van der Waals surface area contributed by atoms with Crippen molar-refractivity contribution in [1.29, 1.82) is 0 Å². The lowest BCUT2D eigenvalue weighted by atomic mass is 10.1. The van der Waals surface area contributed by atoms with E-state index in [1.54, 1.807) is 6.20 Å². The Morgan fingerprint density at radius 2 is 2.19 bits per heavy atom. The van der Waals surface area contributed by atoms with Crippen LogP contribution in [0.15, 0.2) is 36.5 Å². The van der Waals surface area contributed by atoms with Gasteiger partial charge in [-0.25, -0.2) is 0 Å². The minimum Gasteiger partial charge on any atom is -0.364 e. The quantitative estimate of drug-likeness (QED) is 0.535. The van der Waals surface area contributed by atoms with Gasteiger partial charge in [-0.15, -0.1) is 10.2 Å². The lowest BCUT2D eigenvalue weighted by molar-refractivity contribution is 0.0995. The minimum atomic E-state index is -0.689.